The van der Waals surface area contributed by atoms with Gasteiger partial charge in [-0.1, -0.05) is 11.6 Å². The van der Waals surface area contributed by atoms with Crippen molar-refractivity contribution in [2.24, 2.45) is 5.10 Å². The topological polar surface area (TPSA) is 36.9 Å². The summed E-state index contributed by atoms with van der Waals surface area (Å²) in [7, 11) is 1.62. The van der Waals surface area contributed by atoms with Gasteiger partial charge in [-0.2, -0.15) is 0 Å². The van der Waals surface area contributed by atoms with E-state index < -0.39 is 0 Å². The number of benzene rings is 1. The zero-order valence-corrected chi connectivity index (χ0v) is 9.96. The first-order chi connectivity index (χ1) is 7.69. The molecule has 0 radical (unpaired) electrons. The fourth-order valence-corrected chi connectivity index (χ4v) is 1.70. The summed E-state index contributed by atoms with van der Waals surface area (Å²) >= 11 is 11.5. The second kappa shape index (κ2) is 4.63. The number of halogens is 2. The quantitative estimate of drug-likeness (QED) is 0.828. The van der Waals surface area contributed by atoms with Crippen LogP contribution in [0.5, 0.6) is 5.75 Å². The zero-order valence-electron chi connectivity index (χ0n) is 8.45. The minimum absolute atomic E-state index is 0.319. The maximum atomic E-state index is 5.80. The summed E-state index contributed by atoms with van der Waals surface area (Å²) in [4.78, 5) is 0. The van der Waals surface area contributed by atoms with Gasteiger partial charge in [0.1, 0.15) is 5.75 Å². The smallest absolute Gasteiger partial charge is 0.154 e. The molecule has 2 rings (SSSR count). The average molecular weight is 258 g/mol. The van der Waals surface area contributed by atoms with Gasteiger partial charge in [0, 0.05) is 6.08 Å². The summed E-state index contributed by atoms with van der Waals surface area (Å²) in [6.07, 6.45) is 1.70. The predicted octanol–water partition coefficient (Wildman–Crippen LogP) is 2.56. The third kappa shape index (κ3) is 2.40. The molecule has 0 aromatic heterocycles. The lowest BCUT2D eigenvalue weighted by molar-refractivity contribution is 0.414. The van der Waals surface area contributed by atoms with E-state index in [1.807, 2.05) is 24.3 Å². The molecule has 0 saturated heterocycles. The Morgan fingerprint density at radius 2 is 2.00 bits per heavy atom. The van der Waals surface area contributed by atoms with Crippen molar-refractivity contribution < 1.29 is 4.74 Å². The number of hydrogen-bond acceptors (Lipinski definition) is 4. The molecule has 4 nitrogen and oxygen atoms in total. The summed E-state index contributed by atoms with van der Waals surface area (Å²) in [6.45, 7) is 0. The Balaban J connectivity index is 2.27. The molecule has 1 aromatic carbocycles. The molecule has 1 aromatic rings. The second-order valence-electron chi connectivity index (χ2n) is 3.08. The molecule has 0 bridgehead atoms. The van der Waals surface area contributed by atoms with E-state index in [1.165, 1.54) is 0 Å². The van der Waals surface area contributed by atoms with Crippen LogP contribution in [0.2, 0.25) is 0 Å². The SMILES string of the molecule is COc1ccc(C2=CC(Cl)=NN(Cl)N2)cc1. The molecule has 0 amide bonds. The van der Waals surface area contributed by atoms with Crippen LogP contribution in [0.15, 0.2) is 35.4 Å². The maximum absolute atomic E-state index is 5.80. The second-order valence-corrected chi connectivity index (χ2v) is 3.79. The van der Waals surface area contributed by atoms with Crippen LogP contribution < -0.4 is 10.2 Å². The third-order valence-corrected chi connectivity index (χ3v) is 2.41. The maximum Gasteiger partial charge on any atom is 0.154 e. The van der Waals surface area contributed by atoms with Gasteiger partial charge in [-0.05, 0) is 29.8 Å². The van der Waals surface area contributed by atoms with E-state index in [9.17, 15) is 0 Å². The number of hydrogen-bond donors (Lipinski definition) is 1. The van der Waals surface area contributed by atoms with E-state index in [1.54, 1.807) is 13.2 Å². The molecule has 6 heteroatoms. The summed E-state index contributed by atoms with van der Waals surface area (Å²) in [5.41, 5.74) is 4.57. The Kier molecular flexibility index (Phi) is 3.22. The van der Waals surface area contributed by atoms with Gasteiger partial charge in [-0.15, -0.1) is 9.74 Å². The van der Waals surface area contributed by atoms with Gasteiger partial charge >= 0.3 is 0 Å². The predicted molar refractivity (Wildman–Crippen MR) is 65.1 cm³/mol. The minimum atomic E-state index is 0.319. The normalized spacial score (nSPS) is 15.1. The van der Waals surface area contributed by atoms with Gasteiger partial charge in [0.05, 0.1) is 24.6 Å². The Morgan fingerprint density at radius 1 is 1.31 bits per heavy atom. The zero-order chi connectivity index (χ0) is 11.5. The number of ether oxygens (including phenoxy) is 1. The van der Waals surface area contributed by atoms with Crippen molar-refractivity contribution in [2.45, 2.75) is 0 Å². The molecule has 0 atom stereocenters. The molecule has 1 N–H and O–H groups in total. The number of rotatable bonds is 2. The number of nitrogens with one attached hydrogen (secondary N) is 1. The Morgan fingerprint density at radius 3 is 2.56 bits per heavy atom. The first-order valence-electron chi connectivity index (χ1n) is 4.52. The summed E-state index contributed by atoms with van der Waals surface area (Å²) in [5.74, 6) is 0.794. The van der Waals surface area contributed by atoms with E-state index >= 15 is 0 Å². The lowest BCUT2D eigenvalue weighted by Crippen LogP contribution is -2.27. The van der Waals surface area contributed by atoms with Crippen LogP contribution in [0.1, 0.15) is 5.56 Å². The van der Waals surface area contributed by atoms with Crippen LogP contribution in [0.3, 0.4) is 0 Å². The van der Waals surface area contributed by atoms with Crippen LogP contribution in [-0.2, 0) is 0 Å². The van der Waals surface area contributed by atoms with Crippen LogP contribution in [0.25, 0.3) is 5.70 Å². The van der Waals surface area contributed by atoms with Gasteiger partial charge in [-0.25, -0.2) is 0 Å². The molecule has 0 spiro atoms. The first-order valence-corrected chi connectivity index (χ1v) is 5.23. The van der Waals surface area contributed by atoms with Crippen molar-refractivity contribution in [2.75, 3.05) is 7.11 Å². The van der Waals surface area contributed by atoms with E-state index in [0.29, 0.717) is 5.17 Å². The van der Waals surface area contributed by atoms with Gasteiger partial charge in [0.25, 0.3) is 0 Å². The Hall–Kier alpha value is -1.39. The molecule has 0 saturated carbocycles. The number of allylic oxidation sites excluding steroid dienone is 1. The molecule has 1 heterocycles. The van der Waals surface area contributed by atoms with E-state index in [2.05, 4.69) is 10.5 Å². The van der Waals surface area contributed by atoms with E-state index in [-0.39, 0.29) is 0 Å². The number of methoxy groups -OCH3 is 1. The molecular weight excluding hydrogens is 249 g/mol. The lowest BCUT2D eigenvalue weighted by Gasteiger charge is -2.19. The number of nitrogens with zero attached hydrogens (tertiary/aromatic N) is 2. The van der Waals surface area contributed by atoms with E-state index in [4.69, 9.17) is 28.1 Å². The molecule has 1 aliphatic heterocycles. The molecular formula is C10H9Cl2N3O. The largest absolute Gasteiger partial charge is 0.497 e. The highest BCUT2D eigenvalue weighted by Gasteiger charge is 2.11. The molecule has 0 unspecified atom stereocenters. The minimum Gasteiger partial charge on any atom is -0.497 e. The summed E-state index contributed by atoms with van der Waals surface area (Å²) in [6, 6.07) is 7.52. The van der Waals surface area contributed by atoms with Crippen molar-refractivity contribution in [1.82, 2.24) is 10.1 Å². The van der Waals surface area contributed by atoms with Gasteiger partial charge in [0.2, 0.25) is 0 Å². The highest BCUT2D eigenvalue weighted by Crippen LogP contribution is 2.20. The first kappa shape index (κ1) is 11.1. The number of hydrazone groups is 1. The standard InChI is InChI=1S/C10H9Cl2N3O/c1-16-8-4-2-7(3-5-8)9-6-10(11)14-15(12)13-9/h2-6,13H,1H3. The van der Waals surface area contributed by atoms with E-state index in [0.717, 1.165) is 21.6 Å². The van der Waals surface area contributed by atoms with Gasteiger partial charge < -0.3 is 4.74 Å². The highest BCUT2D eigenvalue weighted by atomic mass is 35.5. The van der Waals surface area contributed by atoms with Crippen molar-refractivity contribution in [1.29, 1.82) is 0 Å². The molecule has 0 fully saturated rings. The van der Waals surface area contributed by atoms with Crippen LogP contribution in [0, 0.1) is 0 Å². The fraction of sp³-hybridized carbons (Fsp3) is 0.100. The third-order valence-electron chi connectivity index (χ3n) is 2.06. The van der Waals surface area contributed by atoms with Crippen molar-refractivity contribution in [3.8, 4) is 5.75 Å². The van der Waals surface area contributed by atoms with Crippen LogP contribution in [0.4, 0.5) is 0 Å². The fourth-order valence-electron chi connectivity index (χ4n) is 1.31. The summed E-state index contributed by atoms with van der Waals surface area (Å²) in [5, 5.41) is 4.08. The highest BCUT2D eigenvalue weighted by molar-refractivity contribution is 6.69. The molecule has 16 heavy (non-hydrogen) atoms. The lowest BCUT2D eigenvalue weighted by atomic mass is 10.1. The number of hydrazine groups is 1. The van der Waals surface area contributed by atoms with Crippen molar-refractivity contribution >= 4 is 34.2 Å². The molecule has 84 valence electrons. The monoisotopic (exact) mass is 257 g/mol. The molecule has 1 aliphatic rings. The Labute approximate surface area is 103 Å². The Bertz CT molecular complexity index is 442. The van der Waals surface area contributed by atoms with Crippen LogP contribution in [-0.4, -0.2) is 16.9 Å². The average Bonchev–Trinajstić information content (AvgIpc) is 2.28. The summed E-state index contributed by atoms with van der Waals surface area (Å²) < 4.78 is 6.12. The van der Waals surface area contributed by atoms with Crippen LogP contribution >= 0.6 is 23.4 Å². The van der Waals surface area contributed by atoms with Gasteiger partial charge in [0.15, 0.2) is 5.17 Å². The molecule has 0 aliphatic carbocycles. The van der Waals surface area contributed by atoms with Gasteiger partial charge in [-0.3, -0.25) is 5.43 Å². The van der Waals surface area contributed by atoms with Crippen molar-refractivity contribution in [3.05, 3.63) is 35.9 Å². The van der Waals surface area contributed by atoms with Crippen molar-refractivity contribution in [3.63, 3.8) is 0 Å².